The van der Waals surface area contributed by atoms with Crippen molar-refractivity contribution in [2.45, 2.75) is 19.5 Å². The van der Waals surface area contributed by atoms with Gasteiger partial charge in [0.1, 0.15) is 0 Å². The standard InChI is InChI=1S/C13H15BrN4O2/c14-12-8-10(13(19)20)2-3-11(12)9-15-4-1-6-18-7-5-16-17-18/h2-3,5,7-8,15H,1,4,6,9H2,(H,19,20). The van der Waals surface area contributed by atoms with Crippen LogP contribution in [0.5, 0.6) is 0 Å². The number of hydrogen-bond acceptors (Lipinski definition) is 4. The molecule has 0 radical (unpaired) electrons. The Kier molecular flexibility index (Phi) is 5.25. The molecule has 0 bridgehead atoms. The van der Waals surface area contributed by atoms with Crippen molar-refractivity contribution in [1.82, 2.24) is 20.3 Å². The van der Waals surface area contributed by atoms with E-state index >= 15 is 0 Å². The van der Waals surface area contributed by atoms with Crippen LogP contribution in [0.4, 0.5) is 0 Å². The van der Waals surface area contributed by atoms with Crippen molar-refractivity contribution in [1.29, 1.82) is 0 Å². The predicted octanol–water partition coefficient (Wildman–Crippen LogP) is 1.92. The molecular formula is C13H15BrN4O2. The van der Waals surface area contributed by atoms with Crippen molar-refractivity contribution in [3.8, 4) is 0 Å². The van der Waals surface area contributed by atoms with Crippen LogP contribution in [0.25, 0.3) is 0 Å². The fourth-order valence-electron chi connectivity index (χ4n) is 1.76. The first-order valence-electron chi connectivity index (χ1n) is 6.23. The van der Waals surface area contributed by atoms with Gasteiger partial charge in [-0.1, -0.05) is 27.2 Å². The third-order valence-electron chi connectivity index (χ3n) is 2.83. The average molecular weight is 339 g/mol. The van der Waals surface area contributed by atoms with E-state index in [-0.39, 0.29) is 5.56 Å². The highest BCUT2D eigenvalue weighted by atomic mass is 79.9. The van der Waals surface area contributed by atoms with Crippen LogP contribution in [0.15, 0.2) is 35.1 Å². The lowest BCUT2D eigenvalue weighted by molar-refractivity contribution is 0.0697. The Balaban J connectivity index is 1.75. The number of aromatic nitrogens is 3. The molecule has 1 aromatic heterocycles. The molecule has 0 atom stereocenters. The largest absolute Gasteiger partial charge is 0.478 e. The van der Waals surface area contributed by atoms with Gasteiger partial charge in [0.25, 0.3) is 0 Å². The van der Waals surface area contributed by atoms with Crippen LogP contribution >= 0.6 is 15.9 Å². The third kappa shape index (κ3) is 4.14. The summed E-state index contributed by atoms with van der Waals surface area (Å²) < 4.78 is 2.60. The number of nitrogens with zero attached hydrogens (tertiary/aromatic N) is 3. The number of carboxylic acid groups (broad SMARTS) is 1. The summed E-state index contributed by atoms with van der Waals surface area (Å²) in [7, 11) is 0. The summed E-state index contributed by atoms with van der Waals surface area (Å²) in [5.74, 6) is -0.918. The second-order valence-electron chi connectivity index (χ2n) is 4.31. The molecule has 0 saturated carbocycles. The van der Waals surface area contributed by atoms with Crippen molar-refractivity contribution >= 4 is 21.9 Å². The number of hydrogen-bond donors (Lipinski definition) is 2. The summed E-state index contributed by atoms with van der Waals surface area (Å²) in [6, 6.07) is 5.05. The van der Waals surface area contributed by atoms with Crippen LogP contribution < -0.4 is 5.32 Å². The first kappa shape index (κ1) is 14.7. The maximum atomic E-state index is 10.8. The number of aryl methyl sites for hydroxylation is 1. The summed E-state index contributed by atoms with van der Waals surface area (Å²) in [4.78, 5) is 10.8. The van der Waals surface area contributed by atoms with Gasteiger partial charge in [-0.15, -0.1) is 5.10 Å². The SMILES string of the molecule is O=C(O)c1ccc(CNCCCn2ccnn2)c(Br)c1. The van der Waals surface area contributed by atoms with Crippen molar-refractivity contribution in [2.24, 2.45) is 0 Å². The van der Waals surface area contributed by atoms with Gasteiger partial charge in [-0.3, -0.25) is 4.68 Å². The van der Waals surface area contributed by atoms with Gasteiger partial charge in [0, 0.05) is 23.8 Å². The Bertz CT molecular complexity index is 572. The first-order valence-corrected chi connectivity index (χ1v) is 7.02. The number of aromatic carboxylic acids is 1. The second-order valence-corrected chi connectivity index (χ2v) is 5.16. The molecule has 2 aromatic rings. The van der Waals surface area contributed by atoms with E-state index in [1.807, 2.05) is 12.3 Å². The molecule has 20 heavy (non-hydrogen) atoms. The van der Waals surface area contributed by atoms with Crippen LogP contribution in [0, 0.1) is 0 Å². The summed E-state index contributed by atoms with van der Waals surface area (Å²) in [6.45, 7) is 2.37. The molecule has 0 aliphatic heterocycles. The molecule has 0 aliphatic carbocycles. The summed E-state index contributed by atoms with van der Waals surface area (Å²) >= 11 is 3.39. The molecule has 0 amide bonds. The van der Waals surface area contributed by atoms with Crippen LogP contribution in [0.3, 0.4) is 0 Å². The van der Waals surface area contributed by atoms with Gasteiger partial charge < -0.3 is 10.4 Å². The fraction of sp³-hybridized carbons (Fsp3) is 0.308. The monoisotopic (exact) mass is 338 g/mol. The van der Waals surface area contributed by atoms with E-state index < -0.39 is 5.97 Å². The Morgan fingerprint density at radius 2 is 2.30 bits per heavy atom. The molecule has 6 nitrogen and oxygen atoms in total. The van der Waals surface area contributed by atoms with Crippen molar-refractivity contribution in [3.05, 3.63) is 46.2 Å². The first-order chi connectivity index (χ1) is 9.66. The van der Waals surface area contributed by atoms with Crippen molar-refractivity contribution in [2.75, 3.05) is 6.54 Å². The lowest BCUT2D eigenvalue weighted by atomic mass is 10.1. The molecule has 0 spiro atoms. The van der Waals surface area contributed by atoms with E-state index in [1.165, 1.54) is 0 Å². The maximum Gasteiger partial charge on any atom is 0.335 e. The number of carboxylic acids is 1. The Hall–Kier alpha value is -1.73. The maximum absolute atomic E-state index is 10.8. The highest BCUT2D eigenvalue weighted by Gasteiger charge is 2.06. The molecule has 0 aliphatic rings. The van der Waals surface area contributed by atoms with Crippen LogP contribution in [0.2, 0.25) is 0 Å². The average Bonchev–Trinajstić information content (AvgIpc) is 2.93. The van der Waals surface area contributed by atoms with Gasteiger partial charge in [0.2, 0.25) is 0 Å². The second kappa shape index (κ2) is 7.16. The summed E-state index contributed by atoms with van der Waals surface area (Å²) in [5, 5.41) is 19.8. The van der Waals surface area contributed by atoms with Gasteiger partial charge in [0.15, 0.2) is 0 Å². The van der Waals surface area contributed by atoms with Crippen molar-refractivity contribution in [3.63, 3.8) is 0 Å². The van der Waals surface area contributed by atoms with E-state index in [0.717, 1.165) is 29.5 Å². The van der Waals surface area contributed by atoms with E-state index in [2.05, 4.69) is 31.6 Å². The lowest BCUT2D eigenvalue weighted by Gasteiger charge is -2.07. The van der Waals surface area contributed by atoms with E-state index in [0.29, 0.717) is 6.54 Å². The minimum atomic E-state index is -0.918. The molecule has 0 saturated heterocycles. The topological polar surface area (TPSA) is 80.0 Å². The van der Waals surface area contributed by atoms with Crippen LogP contribution in [0.1, 0.15) is 22.3 Å². The third-order valence-corrected chi connectivity index (χ3v) is 3.57. The molecule has 106 valence electrons. The molecule has 7 heteroatoms. The molecule has 0 unspecified atom stereocenters. The zero-order valence-electron chi connectivity index (χ0n) is 10.8. The quantitative estimate of drug-likeness (QED) is 0.754. The molecule has 2 rings (SSSR count). The van der Waals surface area contributed by atoms with Gasteiger partial charge in [-0.05, 0) is 30.7 Å². The predicted molar refractivity (Wildman–Crippen MR) is 77.4 cm³/mol. The zero-order chi connectivity index (χ0) is 14.4. The van der Waals surface area contributed by atoms with Crippen molar-refractivity contribution < 1.29 is 9.90 Å². The number of nitrogens with one attached hydrogen (secondary N) is 1. The molecule has 2 N–H and O–H groups in total. The minimum Gasteiger partial charge on any atom is -0.478 e. The minimum absolute atomic E-state index is 0.284. The molecule has 0 fully saturated rings. The molecule has 1 heterocycles. The van der Waals surface area contributed by atoms with Gasteiger partial charge >= 0.3 is 5.97 Å². The van der Waals surface area contributed by atoms with Gasteiger partial charge in [0.05, 0.1) is 11.8 Å². The molecular weight excluding hydrogens is 324 g/mol. The van der Waals surface area contributed by atoms with Crippen LogP contribution in [-0.2, 0) is 13.1 Å². The number of rotatable bonds is 7. The van der Waals surface area contributed by atoms with Gasteiger partial charge in [-0.25, -0.2) is 4.79 Å². The summed E-state index contributed by atoms with van der Waals surface area (Å²) in [5.41, 5.74) is 1.32. The summed E-state index contributed by atoms with van der Waals surface area (Å²) in [6.07, 6.45) is 4.45. The van der Waals surface area contributed by atoms with E-state index in [9.17, 15) is 4.79 Å². The highest BCUT2D eigenvalue weighted by molar-refractivity contribution is 9.10. The highest BCUT2D eigenvalue weighted by Crippen LogP contribution is 2.18. The number of carbonyl (C=O) groups is 1. The number of benzene rings is 1. The van der Waals surface area contributed by atoms with E-state index in [4.69, 9.17) is 5.11 Å². The zero-order valence-corrected chi connectivity index (χ0v) is 12.4. The normalized spacial score (nSPS) is 10.7. The van der Waals surface area contributed by atoms with Gasteiger partial charge in [-0.2, -0.15) is 0 Å². The van der Waals surface area contributed by atoms with E-state index in [1.54, 1.807) is 23.0 Å². The Labute approximate surface area is 124 Å². The lowest BCUT2D eigenvalue weighted by Crippen LogP contribution is -2.17. The Morgan fingerprint density at radius 3 is 2.95 bits per heavy atom. The fourth-order valence-corrected chi connectivity index (χ4v) is 2.28. The molecule has 1 aromatic carbocycles. The Morgan fingerprint density at radius 1 is 1.45 bits per heavy atom. The van der Waals surface area contributed by atoms with Crippen LogP contribution in [-0.4, -0.2) is 32.6 Å². The smallest absolute Gasteiger partial charge is 0.335 e. The number of halogens is 1.